The van der Waals surface area contributed by atoms with E-state index < -0.39 is 0 Å². The predicted molar refractivity (Wildman–Crippen MR) is 84.9 cm³/mol. The first-order valence-corrected chi connectivity index (χ1v) is 7.41. The second-order valence-corrected chi connectivity index (χ2v) is 5.53. The normalized spacial score (nSPS) is 14.2. The van der Waals surface area contributed by atoms with Gasteiger partial charge in [-0.1, -0.05) is 36.4 Å². The van der Waals surface area contributed by atoms with Crippen LogP contribution in [0.1, 0.15) is 23.1 Å². The summed E-state index contributed by atoms with van der Waals surface area (Å²) in [5.41, 5.74) is 5.64. The lowest BCUT2D eigenvalue weighted by molar-refractivity contribution is 0.280. The molecule has 0 aliphatic carbocycles. The van der Waals surface area contributed by atoms with Gasteiger partial charge in [-0.2, -0.15) is 0 Å². The molecule has 2 heteroatoms. The third-order valence-corrected chi connectivity index (χ3v) is 4.07. The first-order valence-electron chi connectivity index (χ1n) is 7.41. The minimum atomic E-state index is 1.10. The van der Waals surface area contributed by atoms with Crippen LogP contribution in [-0.4, -0.2) is 18.5 Å². The quantitative estimate of drug-likeness (QED) is 0.888. The van der Waals surface area contributed by atoms with E-state index in [1.807, 2.05) is 7.05 Å². The Bertz CT molecular complexity index is 563. The zero-order valence-electron chi connectivity index (χ0n) is 12.1. The molecule has 0 aromatic heterocycles. The first kappa shape index (κ1) is 13.2. The second-order valence-electron chi connectivity index (χ2n) is 5.53. The molecule has 1 aliphatic rings. The largest absolute Gasteiger partial charge is 0.388 e. The highest BCUT2D eigenvalue weighted by molar-refractivity contribution is 5.49. The van der Waals surface area contributed by atoms with Gasteiger partial charge in [-0.15, -0.1) is 0 Å². The molecule has 2 aromatic carbocycles. The van der Waals surface area contributed by atoms with Crippen LogP contribution >= 0.6 is 0 Å². The number of hydrogen-bond acceptors (Lipinski definition) is 2. The van der Waals surface area contributed by atoms with Crippen LogP contribution in [-0.2, 0) is 19.5 Å². The van der Waals surface area contributed by atoms with E-state index >= 15 is 0 Å². The topological polar surface area (TPSA) is 15.3 Å². The fraction of sp³-hybridized carbons (Fsp3) is 0.333. The number of nitrogens with zero attached hydrogens (tertiary/aromatic N) is 1. The van der Waals surface area contributed by atoms with Crippen molar-refractivity contribution in [1.29, 1.82) is 0 Å². The Morgan fingerprint density at radius 1 is 1.00 bits per heavy atom. The summed E-state index contributed by atoms with van der Waals surface area (Å²) in [6.45, 7) is 3.38. The number of aryl methyl sites for hydroxylation is 1. The molecule has 0 saturated carbocycles. The van der Waals surface area contributed by atoms with E-state index in [9.17, 15) is 0 Å². The lowest BCUT2D eigenvalue weighted by atomic mass is 10.1. The van der Waals surface area contributed by atoms with Gasteiger partial charge >= 0.3 is 0 Å². The molecule has 2 aromatic rings. The van der Waals surface area contributed by atoms with E-state index in [4.69, 9.17) is 0 Å². The molecular formula is C18H22N2. The minimum Gasteiger partial charge on any atom is -0.388 e. The van der Waals surface area contributed by atoms with E-state index in [-0.39, 0.29) is 0 Å². The molecule has 0 spiro atoms. The Balaban J connectivity index is 1.51. The summed E-state index contributed by atoms with van der Waals surface area (Å²) in [5, 5.41) is 3.22. The summed E-state index contributed by atoms with van der Waals surface area (Å²) in [6, 6.07) is 17.5. The van der Waals surface area contributed by atoms with Crippen molar-refractivity contribution in [2.45, 2.75) is 25.9 Å². The average molecular weight is 266 g/mol. The van der Waals surface area contributed by atoms with Crippen molar-refractivity contribution in [1.82, 2.24) is 4.90 Å². The number of fused-ring (bicyclic) bond motifs is 1. The van der Waals surface area contributed by atoms with Crippen LogP contribution in [0.25, 0.3) is 0 Å². The molecule has 0 fully saturated rings. The molecule has 0 unspecified atom stereocenters. The maximum Gasteiger partial charge on any atom is 0.0341 e. The third-order valence-electron chi connectivity index (χ3n) is 4.07. The Kier molecular flexibility index (Phi) is 4.03. The van der Waals surface area contributed by atoms with Crippen LogP contribution in [0.4, 0.5) is 5.69 Å². The van der Waals surface area contributed by atoms with Crippen molar-refractivity contribution in [3.05, 3.63) is 65.2 Å². The van der Waals surface area contributed by atoms with Crippen LogP contribution in [0.2, 0.25) is 0 Å². The predicted octanol–water partition coefficient (Wildman–Crippen LogP) is 3.68. The van der Waals surface area contributed by atoms with Crippen LogP contribution in [0.5, 0.6) is 0 Å². The van der Waals surface area contributed by atoms with Crippen molar-refractivity contribution < 1.29 is 0 Å². The summed E-state index contributed by atoms with van der Waals surface area (Å²) < 4.78 is 0. The molecule has 3 rings (SSSR count). The van der Waals surface area contributed by atoms with Crippen molar-refractivity contribution in [3.63, 3.8) is 0 Å². The van der Waals surface area contributed by atoms with Gasteiger partial charge in [0.05, 0.1) is 0 Å². The van der Waals surface area contributed by atoms with Gasteiger partial charge < -0.3 is 5.32 Å². The molecule has 1 aliphatic heterocycles. The van der Waals surface area contributed by atoms with Gasteiger partial charge in [0.1, 0.15) is 0 Å². The lowest BCUT2D eigenvalue weighted by Gasteiger charge is -2.14. The minimum absolute atomic E-state index is 1.10. The highest BCUT2D eigenvalue weighted by Gasteiger charge is 2.18. The van der Waals surface area contributed by atoms with Crippen molar-refractivity contribution >= 4 is 5.69 Å². The summed E-state index contributed by atoms with van der Waals surface area (Å²) in [5.74, 6) is 0. The number of anilines is 1. The van der Waals surface area contributed by atoms with E-state index in [0.717, 1.165) is 13.1 Å². The summed E-state index contributed by atoms with van der Waals surface area (Å²) in [6.07, 6.45) is 2.41. The molecule has 0 bridgehead atoms. The monoisotopic (exact) mass is 266 g/mol. The van der Waals surface area contributed by atoms with Gasteiger partial charge in [0.15, 0.2) is 0 Å². The Morgan fingerprint density at radius 2 is 1.80 bits per heavy atom. The summed E-state index contributed by atoms with van der Waals surface area (Å²) >= 11 is 0. The van der Waals surface area contributed by atoms with Gasteiger partial charge in [0, 0.05) is 25.8 Å². The number of nitrogens with one attached hydrogen (secondary N) is 1. The Hall–Kier alpha value is -1.80. The van der Waals surface area contributed by atoms with Gasteiger partial charge in [0.25, 0.3) is 0 Å². The lowest BCUT2D eigenvalue weighted by Crippen LogP contribution is -2.18. The Labute approximate surface area is 121 Å². The van der Waals surface area contributed by atoms with E-state index in [1.54, 1.807) is 0 Å². The SMILES string of the molecule is CNc1ccc2c(c1)CN(CCCc1ccccc1)C2. The maximum atomic E-state index is 3.22. The van der Waals surface area contributed by atoms with E-state index in [0.29, 0.717) is 0 Å². The van der Waals surface area contributed by atoms with E-state index in [1.165, 1.54) is 41.8 Å². The van der Waals surface area contributed by atoms with Crippen molar-refractivity contribution in [2.24, 2.45) is 0 Å². The molecule has 2 nitrogen and oxygen atoms in total. The molecule has 0 atom stereocenters. The van der Waals surface area contributed by atoms with Crippen molar-refractivity contribution in [2.75, 3.05) is 18.9 Å². The first-order chi connectivity index (χ1) is 9.85. The van der Waals surface area contributed by atoms with Gasteiger partial charge in [0.2, 0.25) is 0 Å². The molecule has 0 amide bonds. The summed E-state index contributed by atoms with van der Waals surface area (Å²) in [4.78, 5) is 2.55. The molecule has 1 heterocycles. The number of benzene rings is 2. The molecule has 20 heavy (non-hydrogen) atoms. The smallest absolute Gasteiger partial charge is 0.0341 e. The van der Waals surface area contributed by atoms with Gasteiger partial charge in [-0.05, 0) is 48.2 Å². The number of hydrogen-bond donors (Lipinski definition) is 1. The fourth-order valence-electron chi connectivity index (χ4n) is 2.93. The van der Waals surface area contributed by atoms with Crippen LogP contribution in [0, 0.1) is 0 Å². The third kappa shape index (κ3) is 3.02. The van der Waals surface area contributed by atoms with Gasteiger partial charge in [-0.25, -0.2) is 0 Å². The van der Waals surface area contributed by atoms with Crippen molar-refractivity contribution in [3.8, 4) is 0 Å². The molecular weight excluding hydrogens is 244 g/mol. The Morgan fingerprint density at radius 3 is 2.60 bits per heavy atom. The van der Waals surface area contributed by atoms with Crippen LogP contribution in [0.3, 0.4) is 0 Å². The highest BCUT2D eigenvalue weighted by Crippen LogP contribution is 2.25. The molecule has 0 saturated heterocycles. The van der Waals surface area contributed by atoms with Crippen LogP contribution < -0.4 is 5.32 Å². The highest BCUT2D eigenvalue weighted by atomic mass is 15.1. The molecule has 104 valence electrons. The second kappa shape index (κ2) is 6.10. The summed E-state index contributed by atoms with van der Waals surface area (Å²) in [7, 11) is 1.98. The van der Waals surface area contributed by atoms with Gasteiger partial charge in [-0.3, -0.25) is 4.90 Å². The molecule has 1 N–H and O–H groups in total. The van der Waals surface area contributed by atoms with E-state index in [2.05, 4.69) is 58.7 Å². The number of rotatable bonds is 5. The molecule has 0 radical (unpaired) electrons. The average Bonchev–Trinajstić information content (AvgIpc) is 2.90. The fourth-order valence-corrected chi connectivity index (χ4v) is 2.93. The van der Waals surface area contributed by atoms with Crippen LogP contribution in [0.15, 0.2) is 48.5 Å². The standard InChI is InChI=1S/C18H22N2/c1-19-18-10-9-16-13-20(14-17(16)12-18)11-5-8-15-6-3-2-4-7-15/h2-4,6-7,9-10,12,19H,5,8,11,13-14H2,1H3. The zero-order chi connectivity index (χ0) is 13.8. The zero-order valence-corrected chi connectivity index (χ0v) is 12.1. The maximum absolute atomic E-state index is 3.22.